The van der Waals surface area contributed by atoms with Gasteiger partial charge in [-0.1, -0.05) is 18.2 Å². The summed E-state index contributed by atoms with van der Waals surface area (Å²) in [5, 5.41) is 0. The topological polar surface area (TPSA) is 0 Å². The molecule has 0 N–H and O–H groups in total. The second-order valence-electron chi connectivity index (χ2n) is 1.97. The second-order valence-corrected chi connectivity index (χ2v) is 4.04. The van der Waals surface area contributed by atoms with Gasteiger partial charge in [0, 0.05) is 4.90 Å². The van der Waals surface area contributed by atoms with Gasteiger partial charge >= 0.3 is 0 Å². The van der Waals surface area contributed by atoms with Crippen molar-refractivity contribution in [2.24, 2.45) is 0 Å². The molecule has 0 radical (unpaired) electrons. The van der Waals surface area contributed by atoms with Gasteiger partial charge in [-0.15, -0.1) is 0 Å². The van der Waals surface area contributed by atoms with Crippen molar-refractivity contribution in [3.63, 3.8) is 0 Å². The van der Waals surface area contributed by atoms with E-state index in [4.69, 9.17) is 0 Å². The summed E-state index contributed by atoms with van der Waals surface area (Å²) >= 11 is 1.93. The van der Waals surface area contributed by atoms with E-state index in [9.17, 15) is 0 Å². The number of rotatable bonds is 1. The van der Waals surface area contributed by atoms with Crippen LogP contribution in [0.1, 0.15) is 5.56 Å². The van der Waals surface area contributed by atoms with E-state index in [2.05, 4.69) is 31.2 Å². The molecule has 1 aromatic carbocycles. The fourth-order valence-electron chi connectivity index (χ4n) is 0.785. The van der Waals surface area contributed by atoms with E-state index in [1.165, 1.54) is 19.9 Å². The molecule has 0 fully saturated rings. The largest absolute Gasteiger partial charge is 0.163 e. The van der Waals surface area contributed by atoms with Crippen LogP contribution >= 0.6 is 11.2 Å². The molecule has 0 aromatic heterocycles. The Labute approximate surface area is 62.7 Å². The predicted molar refractivity (Wildman–Crippen MR) is 47.0 cm³/mol. The monoisotopic (exact) mass is 154 g/mol. The van der Waals surface area contributed by atoms with Crippen LogP contribution in [0.4, 0.5) is 0 Å². The van der Waals surface area contributed by atoms with Crippen molar-refractivity contribution in [2.75, 3.05) is 0 Å². The van der Waals surface area contributed by atoms with Gasteiger partial charge in [0.2, 0.25) is 0 Å². The van der Waals surface area contributed by atoms with Gasteiger partial charge in [0.1, 0.15) is 0 Å². The minimum atomic E-state index is 1.19. The summed E-state index contributed by atoms with van der Waals surface area (Å²) in [6.07, 6.45) is 0. The first-order valence-electron chi connectivity index (χ1n) is 2.94. The summed E-state index contributed by atoms with van der Waals surface area (Å²) in [5.74, 6) is 0. The van der Waals surface area contributed by atoms with Gasteiger partial charge in [-0.25, -0.2) is 0 Å². The van der Waals surface area contributed by atoms with Crippen LogP contribution < -0.4 is 0 Å². The fourth-order valence-corrected chi connectivity index (χ4v) is 2.76. The Balaban J connectivity index is 3.01. The van der Waals surface area contributed by atoms with Crippen molar-refractivity contribution in [1.29, 1.82) is 0 Å². The molecule has 0 nitrogen and oxygen atoms in total. The van der Waals surface area contributed by atoms with E-state index in [0.717, 1.165) is 0 Å². The van der Waals surface area contributed by atoms with Crippen LogP contribution in [0.15, 0.2) is 29.2 Å². The smallest absolute Gasteiger partial charge is 0.0758 e. The lowest BCUT2D eigenvalue weighted by Gasteiger charge is -1.98. The molecule has 0 aliphatic rings. The van der Waals surface area contributed by atoms with E-state index in [1.54, 1.807) is 0 Å². The van der Waals surface area contributed by atoms with E-state index >= 15 is 0 Å². The predicted octanol–water partition coefficient (Wildman–Crippen LogP) is 1.37. The van der Waals surface area contributed by atoms with Crippen molar-refractivity contribution < 1.29 is 0 Å². The van der Waals surface area contributed by atoms with E-state index < -0.39 is 0 Å². The molecule has 0 aliphatic carbocycles. The van der Waals surface area contributed by atoms with Crippen molar-refractivity contribution in [2.45, 2.75) is 11.8 Å². The van der Waals surface area contributed by atoms with Gasteiger partial charge in [0.05, 0.1) is 9.39 Å². The lowest BCUT2D eigenvalue weighted by atomic mass is 10.2. The maximum Gasteiger partial charge on any atom is 0.0758 e. The third-order valence-electron chi connectivity index (χ3n) is 1.31. The van der Waals surface area contributed by atoms with Gasteiger partial charge in [0.25, 0.3) is 0 Å². The summed E-state index contributed by atoms with van der Waals surface area (Å²) in [5.41, 5.74) is 1.40. The zero-order valence-corrected chi connectivity index (χ0v) is 8.53. The molecular formula is C7H10SSi. The summed E-state index contributed by atoms with van der Waals surface area (Å²) < 4.78 is 0. The minimum absolute atomic E-state index is 1.19. The molecule has 0 amide bonds. The minimum Gasteiger partial charge on any atom is -0.163 e. The Morgan fingerprint density at radius 1 is 1.33 bits per heavy atom. The summed E-state index contributed by atoms with van der Waals surface area (Å²) in [6, 6.07) is 8.50. The first kappa shape index (κ1) is 6.90. The SMILES string of the molecule is Cc1ccccc1S[SiH3]. The molecule has 0 spiro atoms. The summed E-state index contributed by atoms with van der Waals surface area (Å²) in [4.78, 5) is 1.43. The third-order valence-corrected chi connectivity index (χ3v) is 3.53. The van der Waals surface area contributed by atoms with Crippen LogP contribution in [0, 0.1) is 6.92 Å². The Morgan fingerprint density at radius 2 is 2.00 bits per heavy atom. The highest BCUT2D eigenvalue weighted by Gasteiger charge is 1.89. The maximum absolute atomic E-state index is 2.17. The summed E-state index contributed by atoms with van der Waals surface area (Å²) in [6.45, 7) is 2.15. The lowest BCUT2D eigenvalue weighted by Crippen LogP contribution is -1.74. The Kier molecular flexibility index (Phi) is 2.36. The number of aryl methyl sites for hydroxylation is 1. The van der Waals surface area contributed by atoms with Gasteiger partial charge in [-0.3, -0.25) is 0 Å². The van der Waals surface area contributed by atoms with Crippen LogP contribution in [0.5, 0.6) is 0 Å². The highest BCUT2D eigenvalue weighted by molar-refractivity contribution is 8.19. The first-order chi connectivity index (χ1) is 4.34. The van der Waals surface area contributed by atoms with Gasteiger partial charge in [0.15, 0.2) is 0 Å². The van der Waals surface area contributed by atoms with Gasteiger partial charge < -0.3 is 0 Å². The molecule has 0 aliphatic heterocycles. The van der Waals surface area contributed by atoms with Crippen LogP contribution in [-0.2, 0) is 0 Å². The molecule has 0 heterocycles. The maximum atomic E-state index is 2.17. The van der Waals surface area contributed by atoms with Crippen LogP contribution in [0.3, 0.4) is 0 Å². The van der Waals surface area contributed by atoms with Crippen molar-refractivity contribution in [3.8, 4) is 0 Å². The molecule has 48 valence electrons. The summed E-state index contributed by atoms with van der Waals surface area (Å²) in [7, 11) is 1.19. The molecule has 9 heavy (non-hydrogen) atoms. The fraction of sp³-hybridized carbons (Fsp3) is 0.143. The van der Waals surface area contributed by atoms with Gasteiger partial charge in [-0.2, -0.15) is 11.2 Å². The molecule has 2 heteroatoms. The Bertz CT molecular complexity index is 198. The molecule has 0 saturated carbocycles. The number of hydrogen-bond acceptors (Lipinski definition) is 1. The standard InChI is InChI=1S/C7H10SSi/c1-6-4-2-3-5-7(6)8-9/h2-5H,1,9H3. The van der Waals surface area contributed by atoms with Crippen LogP contribution in [0.25, 0.3) is 0 Å². The molecule has 0 saturated heterocycles. The molecular weight excluding hydrogens is 144 g/mol. The zero-order chi connectivity index (χ0) is 6.69. The van der Waals surface area contributed by atoms with Gasteiger partial charge in [-0.05, 0) is 18.6 Å². The Morgan fingerprint density at radius 3 is 2.44 bits per heavy atom. The van der Waals surface area contributed by atoms with Crippen molar-refractivity contribution >= 4 is 20.6 Å². The van der Waals surface area contributed by atoms with E-state index in [1.807, 2.05) is 11.2 Å². The number of benzene rings is 1. The normalized spacial score (nSPS) is 9.89. The third kappa shape index (κ3) is 1.59. The van der Waals surface area contributed by atoms with E-state index in [-0.39, 0.29) is 0 Å². The molecule has 0 unspecified atom stereocenters. The van der Waals surface area contributed by atoms with Crippen LogP contribution in [0.2, 0.25) is 0 Å². The highest BCUT2D eigenvalue weighted by atomic mass is 32.4. The van der Waals surface area contributed by atoms with E-state index in [0.29, 0.717) is 0 Å². The second kappa shape index (κ2) is 3.08. The van der Waals surface area contributed by atoms with Crippen molar-refractivity contribution in [3.05, 3.63) is 29.8 Å². The zero-order valence-electron chi connectivity index (χ0n) is 5.72. The quantitative estimate of drug-likeness (QED) is 0.551. The molecule has 0 bridgehead atoms. The Hall–Kier alpha value is -0.213. The van der Waals surface area contributed by atoms with Crippen molar-refractivity contribution in [1.82, 2.24) is 0 Å². The average molecular weight is 154 g/mol. The average Bonchev–Trinajstić information content (AvgIpc) is 1.89. The molecule has 1 rings (SSSR count). The van der Waals surface area contributed by atoms with Crippen LogP contribution in [-0.4, -0.2) is 9.39 Å². The molecule has 1 aromatic rings. The highest BCUT2D eigenvalue weighted by Crippen LogP contribution is 2.17. The lowest BCUT2D eigenvalue weighted by molar-refractivity contribution is 1.31. The first-order valence-corrected chi connectivity index (χ1v) is 6.61. The molecule has 0 atom stereocenters. The number of hydrogen-bond donors (Lipinski definition) is 0.